The molecular weight excluding hydrogens is 520 g/mol. The Labute approximate surface area is 213 Å². The SMILES string of the molecule is CC(=O)N[C@H](CC#N)[C@@H](O)[C@H](O)[C@H](Cc1cc(F)cc(F)c1)NC(=O)c1csc(N(C)S(C)(=O)=O)n1.[HH].[HH]. The van der Waals surface area contributed by atoms with Gasteiger partial charge in [0.25, 0.3) is 5.91 Å². The lowest BCUT2D eigenvalue weighted by molar-refractivity contribution is -0.121. The van der Waals surface area contributed by atoms with Crippen LogP contribution in [-0.4, -0.2) is 73.0 Å². The molecule has 0 radical (unpaired) electrons. The largest absolute Gasteiger partial charge is 0.388 e. The number of hydrogen-bond acceptors (Lipinski definition) is 9. The number of sulfonamides is 1. The van der Waals surface area contributed by atoms with E-state index in [1.54, 1.807) is 6.07 Å². The van der Waals surface area contributed by atoms with Crippen LogP contribution >= 0.6 is 11.3 Å². The van der Waals surface area contributed by atoms with Crippen molar-refractivity contribution in [3.63, 3.8) is 0 Å². The molecule has 15 heteroatoms. The van der Waals surface area contributed by atoms with E-state index in [0.717, 1.165) is 41.0 Å². The van der Waals surface area contributed by atoms with E-state index in [9.17, 15) is 37.0 Å². The van der Waals surface area contributed by atoms with Crippen molar-refractivity contribution in [1.82, 2.24) is 15.6 Å². The third-order valence-corrected chi connectivity index (χ3v) is 7.26. The lowest BCUT2D eigenvalue weighted by Gasteiger charge is -2.31. The monoisotopic (exact) mass is 549 g/mol. The smallest absolute Gasteiger partial charge is 0.271 e. The maximum Gasteiger partial charge on any atom is 0.271 e. The standard InChI is InChI=1S/C21H25F2N5O6S2.2H2/c1-11(29)25-15(4-5-24)18(30)19(31)16(8-12-6-13(22)9-14(23)7-12)26-20(32)17-10-35-21(27-17)28(2)36(3,33)34;;/h6-7,9-10,15-16,18-19,30-31H,4,8H2,1-3H3,(H,25,29)(H,26,32);2*1H/t15-,16+,18-,19-;;/m1../s1. The van der Waals surface area contributed by atoms with Gasteiger partial charge < -0.3 is 20.8 Å². The van der Waals surface area contributed by atoms with Crippen molar-refractivity contribution in [3.05, 3.63) is 46.5 Å². The van der Waals surface area contributed by atoms with Gasteiger partial charge in [0.15, 0.2) is 5.13 Å². The van der Waals surface area contributed by atoms with Gasteiger partial charge in [0.2, 0.25) is 15.9 Å². The number of halogens is 2. The first-order chi connectivity index (χ1) is 16.7. The summed E-state index contributed by atoms with van der Waals surface area (Å²) in [4.78, 5) is 28.3. The van der Waals surface area contributed by atoms with Gasteiger partial charge in [0, 0.05) is 28.3 Å². The second kappa shape index (κ2) is 12.2. The van der Waals surface area contributed by atoms with E-state index in [4.69, 9.17) is 5.26 Å². The van der Waals surface area contributed by atoms with Crippen LogP contribution in [0.3, 0.4) is 0 Å². The van der Waals surface area contributed by atoms with Crippen LogP contribution in [0.25, 0.3) is 0 Å². The number of rotatable bonds is 11. The molecule has 0 saturated carbocycles. The molecule has 0 aliphatic carbocycles. The van der Waals surface area contributed by atoms with Gasteiger partial charge in [-0.3, -0.25) is 9.59 Å². The zero-order valence-corrected chi connectivity index (χ0v) is 21.1. The average Bonchev–Trinajstić information content (AvgIpc) is 3.25. The number of amides is 2. The number of anilines is 1. The van der Waals surface area contributed by atoms with E-state index in [2.05, 4.69) is 15.6 Å². The molecule has 0 aliphatic heterocycles. The predicted octanol–water partition coefficient (Wildman–Crippen LogP) is 0.790. The predicted molar refractivity (Wildman–Crippen MR) is 131 cm³/mol. The fourth-order valence-corrected chi connectivity index (χ4v) is 4.77. The number of aromatic nitrogens is 1. The minimum Gasteiger partial charge on any atom is -0.388 e. The Morgan fingerprint density at radius 3 is 2.31 bits per heavy atom. The van der Waals surface area contributed by atoms with E-state index < -0.39 is 57.8 Å². The van der Waals surface area contributed by atoms with Crippen molar-refractivity contribution >= 4 is 38.3 Å². The Morgan fingerprint density at radius 2 is 1.78 bits per heavy atom. The summed E-state index contributed by atoms with van der Waals surface area (Å²) >= 11 is 0.861. The van der Waals surface area contributed by atoms with Gasteiger partial charge in [-0.1, -0.05) is 0 Å². The molecule has 11 nitrogen and oxygen atoms in total. The second-order valence-corrected chi connectivity index (χ2v) is 10.8. The molecule has 1 aromatic carbocycles. The molecule has 4 atom stereocenters. The van der Waals surface area contributed by atoms with Gasteiger partial charge in [0.1, 0.15) is 29.5 Å². The van der Waals surface area contributed by atoms with Crippen molar-refractivity contribution < 1.29 is 39.9 Å². The maximum atomic E-state index is 13.7. The summed E-state index contributed by atoms with van der Waals surface area (Å²) in [6.45, 7) is 1.14. The Morgan fingerprint density at radius 1 is 1.19 bits per heavy atom. The summed E-state index contributed by atoms with van der Waals surface area (Å²) < 4.78 is 51.8. The number of nitrogens with zero attached hydrogens (tertiary/aromatic N) is 3. The summed E-state index contributed by atoms with van der Waals surface area (Å²) in [5.74, 6) is -3.26. The summed E-state index contributed by atoms with van der Waals surface area (Å²) in [5.41, 5.74) is -0.172. The molecule has 0 bridgehead atoms. The van der Waals surface area contributed by atoms with Crippen LogP contribution in [-0.2, 0) is 21.2 Å². The van der Waals surface area contributed by atoms with Crippen LogP contribution in [0, 0.1) is 23.0 Å². The highest BCUT2D eigenvalue weighted by molar-refractivity contribution is 7.92. The van der Waals surface area contributed by atoms with Gasteiger partial charge in [-0.2, -0.15) is 5.26 Å². The molecule has 0 saturated heterocycles. The number of thiazole rings is 1. The van der Waals surface area contributed by atoms with E-state index in [1.807, 2.05) is 0 Å². The van der Waals surface area contributed by atoms with E-state index in [0.29, 0.717) is 6.07 Å². The maximum absolute atomic E-state index is 13.7. The minimum atomic E-state index is -3.65. The van der Waals surface area contributed by atoms with Crippen LogP contribution in [0.1, 0.15) is 32.2 Å². The number of benzene rings is 1. The van der Waals surface area contributed by atoms with Gasteiger partial charge >= 0.3 is 0 Å². The molecule has 0 unspecified atom stereocenters. The zero-order chi connectivity index (χ0) is 27.2. The molecule has 1 heterocycles. The van der Waals surface area contributed by atoms with Crippen LogP contribution in [0.15, 0.2) is 23.6 Å². The third kappa shape index (κ3) is 7.92. The number of hydrogen-bond donors (Lipinski definition) is 4. The fourth-order valence-electron chi connectivity index (χ4n) is 3.23. The molecule has 4 N–H and O–H groups in total. The Bertz CT molecular complexity index is 1240. The van der Waals surface area contributed by atoms with Crippen LogP contribution < -0.4 is 14.9 Å². The van der Waals surface area contributed by atoms with Crippen molar-refractivity contribution in [3.8, 4) is 6.07 Å². The Balaban J connectivity index is 0.00000684. The molecule has 0 spiro atoms. The molecule has 2 rings (SSSR count). The van der Waals surface area contributed by atoms with Crippen LogP contribution in [0.2, 0.25) is 0 Å². The summed E-state index contributed by atoms with van der Waals surface area (Å²) in [6.07, 6.45) is -3.33. The van der Waals surface area contributed by atoms with Crippen molar-refractivity contribution in [2.45, 2.75) is 44.1 Å². The molecule has 36 heavy (non-hydrogen) atoms. The highest BCUT2D eigenvalue weighted by Crippen LogP contribution is 2.22. The van der Waals surface area contributed by atoms with E-state index >= 15 is 0 Å². The van der Waals surface area contributed by atoms with Crippen LogP contribution in [0.4, 0.5) is 13.9 Å². The number of aliphatic hydroxyl groups excluding tert-OH is 2. The van der Waals surface area contributed by atoms with Crippen molar-refractivity contribution in [1.29, 1.82) is 5.26 Å². The first-order valence-electron chi connectivity index (χ1n) is 10.4. The van der Waals surface area contributed by atoms with E-state index in [1.165, 1.54) is 12.4 Å². The second-order valence-electron chi connectivity index (χ2n) is 7.96. The quantitative estimate of drug-likeness (QED) is 0.318. The third-order valence-electron chi connectivity index (χ3n) is 5.06. The summed E-state index contributed by atoms with van der Waals surface area (Å²) in [6, 6.07) is 1.79. The summed E-state index contributed by atoms with van der Waals surface area (Å²) in [5, 5.41) is 36.6. The molecule has 0 aliphatic rings. The average molecular weight is 550 g/mol. The first-order valence-corrected chi connectivity index (χ1v) is 13.1. The van der Waals surface area contributed by atoms with Gasteiger partial charge in [-0.05, 0) is 24.1 Å². The van der Waals surface area contributed by atoms with Gasteiger partial charge in [-0.15, -0.1) is 11.3 Å². The van der Waals surface area contributed by atoms with E-state index in [-0.39, 0.29) is 32.1 Å². The lowest BCUT2D eigenvalue weighted by atomic mass is 9.92. The normalized spacial score (nSPS) is 14.7. The Hall–Kier alpha value is -3.19. The number of carbonyl (C=O) groups is 2. The number of nitrogens with one attached hydrogen (secondary N) is 2. The number of aliphatic hydroxyl groups is 2. The highest BCUT2D eigenvalue weighted by atomic mass is 32.2. The summed E-state index contributed by atoms with van der Waals surface area (Å²) in [7, 11) is -2.40. The van der Waals surface area contributed by atoms with Gasteiger partial charge in [0.05, 0.1) is 30.8 Å². The molecule has 1 aromatic heterocycles. The van der Waals surface area contributed by atoms with Crippen molar-refractivity contribution in [2.24, 2.45) is 0 Å². The number of carbonyl (C=O) groups excluding carboxylic acids is 2. The lowest BCUT2D eigenvalue weighted by Crippen LogP contribution is -2.56. The highest BCUT2D eigenvalue weighted by Gasteiger charge is 2.34. The first kappa shape index (κ1) is 29.0. The zero-order valence-electron chi connectivity index (χ0n) is 19.5. The molecular formula is C21H29F2N5O6S2. The molecule has 2 amide bonds. The number of nitriles is 1. The van der Waals surface area contributed by atoms with Gasteiger partial charge in [-0.25, -0.2) is 26.5 Å². The topological polar surface area (TPSA) is 173 Å². The van der Waals surface area contributed by atoms with Crippen LogP contribution in [0.5, 0.6) is 0 Å². The molecule has 0 fully saturated rings. The molecule has 2 aromatic rings. The van der Waals surface area contributed by atoms with Crippen molar-refractivity contribution in [2.75, 3.05) is 17.6 Å². The fraction of sp³-hybridized carbons (Fsp3) is 0.429. The Kier molecular flexibility index (Phi) is 9.82. The minimum absolute atomic E-state index is 0. The molecule has 200 valence electrons.